The summed E-state index contributed by atoms with van der Waals surface area (Å²) >= 11 is 4.99. The van der Waals surface area contributed by atoms with Crippen molar-refractivity contribution in [3.8, 4) is 11.5 Å². The summed E-state index contributed by atoms with van der Waals surface area (Å²) in [5, 5.41) is 11.3. The molecule has 0 amide bonds. The van der Waals surface area contributed by atoms with Gasteiger partial charge in [0.1, 0.15) is 5.69 Å². The molecule has 3 heterocycles. The second-order valence-electron chi connectivity index (χ2n) is 4.62. The van der Waals surface area contributed by atoms with E-state index in [0.29, 0.717) is 5.82 Å². The normalized spacial score (nSPS) is 13.2. The minimum atomic E-state index is 0.700. The van der Waals surface area contributed by atoms with Crippen LogP contribution in [0.1, 0.15) is 5.56 Å². The molecule has 1 aliphatic heterocycles. The molecular weight excluding hydrogens is 362 g/mol. The van der Waals surface area contributed by atoms with Gasteiger partial charge in [0.05, 0.1) is 5.70 Å². The van der Waals surface area contributed by atoms with Gasteiger partial charge in [0, 0.05) is 21.6 Å². The van der Waals surface area contributed by atoms with Crippen molar-refractivity contribution in [2.45, 2.75) is 5.16 Å². The Morgan fingerprint density at radius 1 is 1.05 bits per heavy atom. The van der Waals surface area contributed by atoms with Gasteiger partial charge in [0.25, 0.3) is 0 Å². The van der Waals surface area contributed by atoms with Crippen molar-refractivity contribution in [1.29, 1.82) is 0 Å². The molecule has 1 aliphatic rings. The number of thioether (sulfide) groups is 1. The van der Waals surface area contributed by atoms with Crippen molar-refractivity contribution < 1.29 is 0 Å². The van der Waals surface area contributed by atoms with E-state index in [1.807, 2.05) is 40.4 Å². The first-order valence-electron chi connectivity index (χ1n) is 6.58. The van der Waals surface area contributed by atoms with Crippen molar-refractivity contribution >= 4 is 33.4 Å². The van der Waals surface area contributed by atoms with Crippen molar-refractivity contribution in [3.63, 3.8) is 0 Å². The monoisotopic (exact) mass is 371 g/mol. The lowest BCUT2D eigenvalue weighted by Gasteiger charge is -2.18. The number of benzene rings is 1. The summed E-state index contributed by atoms with van der Waals surface area (Å²) in [4.78, 5) is 4.34. The van der Waals surface area contributed by atoms with Crippen LogP contribution in [0, 0.1) is 0 Å². The Bertz CT molecular complexity index is 842. The van der Waals surface area contributed by atoms with E-state index < -0.39 is 0 Å². The molecular formula is C15H10BrN5S. The van der Waals surface area contributed by atoms with Gasteiger partial charge in [-0.15, -0.1) is 10.2 Å². The summed E-state index contributed by atoms with van der Waals surface area (Å²) in [5.74, 6) is 0.700. The lowest BCUT2D eigenvalue weighted by atomic mass is 10.2. The summed E-state index contributed by atoms with van der Waals surface area (Å²) in [7, 11) is 0. The van der Waals surface area contributed by atoms with Crippen molar-refractivity contribution in [3.05, 3.63) is 64.1 Å². The minimum absolute atomic E-state index is 0.700. The SMILES string of the molecule is Brc1ccc(C2=CSc3nnc(-c4ccccn4)n3N2)cc1. The molecule has 0 unspecified atom stereocenters. The number of nitrogens with zero attached hydrogens (tertiary/aromatic N) is 4. The Balaban J connectivity index is 1.70. The number of nitrogens with one attached hydrogen (secondary N) is 1. The summed E-state index contributed by atoms with van der Waals surface area (Å²) in [6.45, 7) is 0. The molecule has 0 fully saturated rings. The summed E-state index contributed by atoms with van der Waals surface area (Å²) in [6.07, 6.45) is 1.75. The highest BCUT2D eigenvalue weighted by atomic mass is 79.9. The Kier molecular flexibility index (Phi) is 3.44. The summed E-state index contributed by atoms with van der Waals surface area (Å²) < 4.78 is 2.92. The van der Waals surface area contributed by atoms with Crippen LogP contribution in [-0.4, -0.2) is 19.9 Å². The van der Waals surface area contributed by atoms with Gasteiger partial charge in [-0.3, -0.25) is 10.4 Å². The molecule has 5 nitrogen and oxygen atoms in total. The lowest BCUT2D eigenvalue weighted by Crippen LogP contribution is -2.18. The third-order valence-electron chi connectivity index (χ3n) is 3.20. The molecule has 22 heavy (non-hydrogen) atoms. The molecule has 3 aromatic rings. The van der Waals surface area contributed by atoms with E-state index in [0.717, 1.165) is 26.6 Å². The molecule has 108 valence electrons. The summed E-state index contributed by atoms with van der Waals surface area (Å²) in [6, 6.07) is 13.9. The van der Waals surface area contributed by atoms with Gasteiger partial charge in [-0.1, -0.05) is 45.9 Å². The standard InChI is InChI=1S/C15H10BrN5S/c16-11-6-4-10(5-7-11)13-9-22-15-19-18-14(21(15)20-13)12-3-1-2-8-17-12/h1-9,20H. The fourth-order valence-corrected chi connectivity index (χ4v) is 3.13. The van der Waals surface area contributed by atoms with Crippen LogP contribution in [0.3, 0.4) is 0 Å². The number of hydrogen-bond acceptors (Lipinski definition) is 5. The Hall–Kier alpha value is -2.12. The van der Waals surface area contributed by atoms with E-state index in [-0.39, 0.29) is 0 Å². The van der Waals surface area contributed by atoms with Crippen molar-refractivity contribution in [2.75, 3.05) is 5.43 Å². The third kappa shape index (κ3) is 2.42. The lowest BCUT2D eigenvalue weighted by molar-refractivity contribution is 0.824. The maximum absolute atomic E-state index is 4.34. The van der Waals surface area contributed by atoms with Crippen LogP contribution in [0.25, 0.3) is 17.2 Å². The Labute approximate surface area is 139 Å². The van der Waals surface area contributed by atoms with Gasteiger partial charge in [0.2, 0.25) is 11.0 Å². The average Bonchev–Trinajstić information content (AvgIpc) is 2.99. The Morgan fingerprint density at radius 3 is 2.68 bits per heavy atom. The van der Waals surface area contributed by atoms with Crippen LogP contribution in [0.2, 0.25) is 0 Å². The molecule has 0 bridgehead atoms. The zero-order chi connectivity index (χ0) is 14.9. The van der Waals surface area contributed by atoms with Crippen LogP contribution >= 0.6 is 27.7 Å². The van der Waals surface area contributed by atoms with Crippen molar-refractivity contribution in [2.24, 2.45) is 0 Å². The Morgan fingerprint density at radius 2 is 1.91 bits per heavy atom. The second-order valence-corrected chi connectivity index (χ2v) is 6.38. The smallest absolute Gasteiger partial charge is 0.214 e. The zero-order valence-corrected chi connectivity index (χ0v) is 13.7. The zero-order valence-electron chi connectivity index (χ0n) is 11.3. The van der Waals surface area contributed by atoms with Crippen LogP contribution in [-0.2, 0) is 0 Å². The number of rotatable bonds is 2. The number of pyridine rings is 1. The highest BCUT2D eigenvalue weighted by Crippen LogP contribution is 2.31. The molecule has 1 N–H and O–H groups in total. The minimum Gasteiger partial charge on any atom is -0.289 e. The molecule has 2 aromatic heterocycles. The number of fused-ring (bicyclic) bond motifs is 1. The summed E-state index contributed by atoms with van der Waals surface area (Å²) in [5.41, 5.74) is 6.24. The maximum Gasteiger partial charge on any atom is 0.214 e. The quantitative estimate of drug-likeness (QED) is 0.743. The van der Waals surface area contributed by atoms with Crippen LogP contribution < -0.4 is 5.43 Å². The van der Waals surface area contributed by atoms with Gasteiger partial charge in [-0.25, -0.2) is 4.68 Å². The van der Waals surface area contributed by atoms with Gasteiger partial charge >= 0.3 is 0 Å². The van der Waals surface area contributed by atoms with Gasteiger partial charge in [-0.2, -0.15) is 0 Å². The van der Waals surface area contributed by atoms with E-state index in [4.69, 9.17) is 0 Å². The first kappa shape index (κ1) is 13.5. The topological polar surface area (TPSA) is 55.6 Å². The highest BCUT2D eigenvalue weighted by molar-refractivity contribution is 9.10. The molecule has 0 aliphatic carbocycles. The molecule has 4 rings (SSSR count). The molecule has 1 aromatic carbocycles. The number of aromatic nitrogens is 4. The van der Waals surface area contributed by atoms with E-state index in [1.165, 1.54) is 11.8 Å². The first-order chi connectivity index (χ1) is 10.8. The van der Waals surface area contributed by atoms with Crippen LogP contribution in [0.15, 0.2) is 63.7 Å². The second kappa shape index (κ2) is 5.58. The van der Waals surface area contributed by atoms with Gasteiger partial charge < -0.3 is 0 Å². The first-order valence-corrected chi connectivity index (χ1v) is 8.25. The molecule has 0 saturated heterocycles. The van der Waals surface area contributed by atoms with Gasteiger partial charge in [0.15, 0.2) is 0 Å². The average molecular weight is 372 g/mol. The predicted octanol–water partition coefficient (Wildman–Crippen LogP) is 3.75. The highest BCUT2D eigenvalue weighted by Gasteiger charge is 2.19. The van der Waals surface area contributed by atoms with E-state index in [1.54, 1.807) is 6.20 Å². The van der Waals surface area contributed by atoms with E-state index in [2.05, 4.69) is 48.7 Å². The van der Waals surface area contributed by atoms with E-state index in [9.17, 15) is 0 Å². The van der Waals surface area contributed by atoms with Crippen LogP contribution in [0.5, 0.6) is 0 Å². The molecule has 0 saturated carbocycles. The molecule has 0 atom stereocenters. The van der Waals surface area contributed by atoms with Crippen LogP contribution in [0.4, 0.5) is 0 Å². The molecule has 7 heteroatoms. The predicted molar refractivity (Wildman–Crippen MR) is 90.6 cm³/mol. The largest absolute Gasteiger partial charge is 0.289 e. The van der Waals surface area contributed by atoms with Gasteiger partial charge in [-0.05, 0) is 24.3 Å². The maximum atomic E-state index is 4.34. The molecule has 0 spiro atoms. The fraction of sp³-hybridized carbons (Fsp3) is 0. The van der Waals surface area contributed by atoms with Crippen molar-refractivity contribution in [1.82, 2.24) is 19.9 Å². The third-order valence-corrected chi connectivity index (χ3v) is 4.55. The number of halogens is 1. The number of hydrogen-bond donors (Lipinski definition) is 1. The fourth-order valence-electron chi connectivity index (χ4n) is 2.13. The van der Waals surface area contributed by atoms with E-state index >= 15 is 0 Å². The molecule has 0 radical (unpaired) electrons.